The molecule has 0 aliphatic carbocycles. The van der Waals surface area contributed by atoms with E-state index in [1.807, 2.05) is 13.8 Å². The summed E-state index contributed by atoms with van der Waals surface area (Å²) in [5.74, 6) is -0.988. The lowest BCUT2D eigenvalue weighted by atomic mass is 9.96. The predicted octanol–water partition coefficient (Wildman–Crippen LogP) is 0.683. The zero-order chi connectivity index (χ0) is 13.0. The van der Waals surface area contributed by atoms with Gasteiger partial charge in [0.1, 0.15) is 0 Å². The Morgan fingerprint density at radius 3 is 2.65 bits per heavy atom. The number of nitrogens with zero attached hydrogens (tertiary/aromatic N) is 1. The van der Waals surface area contributed by atoms with Gasteiger partial charge < -0.3 is 15.7 Å². The Labute approximate surface area is 102 Å². The number of hydrogen-bond donors (Lipinski definition) is 2. The zero-order valence-electron chi connectivity index (χ0n) is 10.6. The second-order valence-corrected chi connectivity index (χ2v) is 5.20. The van der Waals surface area contributed by atoms with Crippen molar-refractivity contribution in [2.24, 2.45) is 17.6 Å². The lowest BCUT2D eigenvalue weighted by Crippen LogP contribution is -2.49. The molecule has 0 bridgehead atoms. The summed E-state index contributed by atoms with van der Waals surface area (Å²) in [6.45, 7) is 4.97. The fourth-order valence-corrected chi connectivity index (χ4v) is 2.22. The van der Waals surface area contributed by atoms with Crippen LogP contribution in [0.2, 0.25) is 0 Å². The molecule has 0 spiro atoms. The molecule has 1 unspecified atom stereocenters. The highest BCUT2D eigenvalue weighted by Gasteiger charge is 2.30. The van der Waals surface area contributed by atoms with E-state index >= 15 is 0 Å². The first-order valence-corrected chi connectivity index (χ1v) is 6.19. The molecular formula is C12H22N2O3. The SMILES string of the molecule is CC(C)C[C@H](N)C(=O)N1CCCC(C(=O)O)C1. The minimum absolute atomic E-state index is 0.107. The van der Waals surface area contributed by atoms with Gasteiger partial charge in [0, 0.05) is 13.1 Å². The minimum Gasteiger partial charge on any atom is -0.481 e. The number of carboxylic acid groups (broad SMARTS) is 1. The largest absolute Gasteiger partial charge is 0.481 e. The van der Waals surface area contributed by atoms with Crippen molar-refractivity contribution in [2.45, 2.75) is 39.2 Å². The maximum atomic E-state index is 12.0. The summed E-state index contributed by atoms with van der Waals surface area (Å²) in [5, 5.41) is 8.95. The highest BCUT2D eigenvalue weighted by molar-refractivity contribution is 5.82. The quantitative estimate of drug-likeness (QED) is 0.759. The van der Waals surface area contributed by atoms with Crippen LogP contribution in [-0.2, 0) is 9.59 Å². The molecule has 5 nitrogen and oxygen atoms in total. The Balaban J connectivity index is 2.54. The van der Waals surface area contributed by atoms with Crippen LogP contribution in [0.25, 0.3) is 0 Å². The zero-order valence-corrected chi connectivity index (χ0v) is 10.6. The highest BCUT2D eigenvalue weighted by Crippen LogP contribution is 2.18. The third kappa shape index (κ3) is 4.00. The van der Waals surface area contributed by atoms with Gasteiger partial charge in [-0.25, -0.2) is 0 Å². The second kappa shape index (κ2) is 6.00. The summed E-state index contributed by atoms with van der Waals surface area (Å²) < 4.78 is 0. The fraction of sp³-hybridized carbons (Fsp3) is 0.833. The van der Waals surface area contributed by atoms with Crippen LogP contribution in [-0.4, -0.2) is 41.0 Å². The van der Waals surface area contributed by atoms with Crippen molar-refractivity contribution in [3.8, 4) is 0 Å². The van der Waals surface area contributed by atoms with Crippen molar-refractivity contribution in [1.82, 2.24) is 4.90 Å². The predicted molar refractivity (Wildman–Crippen MR) is 64.4 cm³/mol. The van der Waals surface area contributed by atoms with Gasteiger partial charge in [-0.3, -0.25) is 9.59 Å². The van der Waals surface area contributed by atoms with Crippen molar-refractivity contribution in [3.63, 3.8) is 0 Å². The molecule has 1 amide bonds. The van der Waals surface area contributed by atoms with E-state index in [0.29, 0.717) is 31.8 Å². The highest BCUT2D eigenvalue weighted by atomic mass is 16.4. The van der Waals surface area contributed by atoms with Gasteiger partial charge in [0.05, 0.1) is 12.0 Å². The summed E-state index contributed by atoms with van der Waals surface area (Å²) in [6.07, 6.45) is 2.04. The molecule has 2 atom stereocenters. The van der Waals surface area contributed by atoms with Gasteiger partial charge in [-0.2, -0.15) is 0 Å². The van der Waals surface area contributed by atoms with Crippen LogP contribution < -0.4 is 5.73 Å². The first-order chi connectivity index (χ1) is 7.91. The molecule has 1 aliphatic heterocycles. The molecule has 1 aliphatic rings. The van der Waals surface area contributed by atoms with E-state index in [9.17, 15) is 9.59 Å². The molecule has 17 heavy (non-hydrogen) atoms. The Morgan fingerprint density at radius 1 is 1.47 bits per heavy atom. The number of carbonyl (C=O) groups excluding carboxylic acids is 1. The van der Waals surface area contributed by atoms with E-state index in [0.717, 1.165) is 6.42 Å². The van der Waals surface area contributed by atoms with E-state index in [1.54, 1.807) is 4.90 Å². The van der Waals surface area contributed by atoms with Crippen LogP contribution in [0.4, 0.5) is 0 Å². The Hall–Kier alpha value is -1.10. The second-order valence-electron chi connectivity index (χ2n) is 5.20. The Bertz CT molecular complexity index is 291. The smallest absolute Gasteiger partial charge is 0.308 e. The standard InChI is InChI=1S/C12H22N2O3/c1-8(2)6-10(13)11(15)14-5-3-4-9(7-14)12(16)17/h8-10H,3-7,13H2,1-2H3,(H,16,17)/t9?,10-/m0/s1. The molecule has 1 fully saturated rings. The fourth-order valence-electron chi connectivity index (χ4n) is 2.22. The number of hydrogen-bond acceptors (Lipinski definition) is 3. The van der Waals surface area contributed by atoms with Crippen molar-refractivity contribution in [2.75, 3.05) is 13.1 Å². The molecule has 3 N–H and O–H groups in total. The molecule has 0 radical (unpaired) electrons. The lowest BCUT2D eigenvalue weighted by Gasteiger charge is -2.32. The Morgan fingerprint density at radius 2 is 2.12 bits per heavy atom. The maximum Gasteiger partial charge on any atom is 0.308 e. The average Bonchev–Trinajstić information content (AvgIpc) is 2.27. The van der Waals surface area contributed by atoms with Gasteiger partial charge in [0.2, 0.25) is 5.91 Å². The summed E-state index contributed by atoms with van der Waals surface area (Å²) in [7, 11) is 0. The number of carbonyl (C=O) groups is 2. The van der Waals surface area contributed by atoms with E-state index in [-0.39, 0.29) is 5.91 Å². The number of piperidine rings is 1. The number of carboxylic acids is 1. The molecule has 1 saturated heterocycles. The maximum absolute atomic E-state index is 12.0. The van der Waals surface area contributed by atoms with Gasteiger partial charge in [0.25, 0.3) is 0 Å². The van der Waals surface area contributed by atoms with Crippen LogP contribution in [0.15, 0.2) is 0 Å². The van der Waals surface area contributed by atoms with E-state index in [4.69, 9.17) is 10.8 Å². The summed E-state index contributed by atoms with van der Waals surface area (Å²) in [5.41, 5.74) is 5.83. The topological polar surface area (TPSA) is 83.6 Å². The van der Waals surface area contributed by atoms with Crippen molar-refractivity contribution < 1.29 is 14.7 Å². The van der Waals surface area contributed by atoms with Crippen molar-refractivity contribution in [1.29, 1.82) is 0 Å². The molecule has 0 aromatic heterocycles. The summed E-state index contributed by atoms with van der Waals surface area (Å²) >= 11 is 0. The van der Waals surface area contributed by atoms with Gasteiger partial charge in [-0.1, -0.05) is 13.8 Å². The third-order valence-corrected chi connectivity index (χ3v) is 3.12. The number of aliphatic carboxylic acids is 1. The van der Waals surface area contributed by atoms with Gasteiger partial charge >= 0.3 is 5.97 Å². The number of nitrogens with two attached hydrogens (primary N) is 1. The van der Waals surface area contributed by atoms with E-state index in [1.165, 1.54) is 0 Å². The first-order valence-electron chi connectivity index (χ1n) is 6.19. The molecule has 1 rings (SSSR count). The van der Waals surface area contributed by atoms with Gasteiger partial charge in [-0.15, -0.1) is 0 Å². The van der Waals surface area contributed by atoms with E-state index in [2.05, 4.69) is 0 Å². The van der Waals surface area contributed by atoms with Gasteiger partial charge in [-0.05, 0) is 25.2 Å². The van der Waals surface area contributed by atoms with E-state index < -0.39 is 17.9 Å². The first kappa shape index (κ1) is 14.0. The normalized spacial score (nSPS) is 22.6. The monoisotopic (exact) mass is 242 g/mol. The lowest BCUT2D eigenvalue weighted by molar-refractivity contribution is -0.146. The van der Waals surface area contributed by atoms with Crippen molar-refractivity contribution in [3.05, 3.63) is 0 Å². The number of rotatable bonds is 4. The van der Waals surface area contributed by atoms with Crippen molar-refractivity contribution >= 4 is 11.9 Å². The molecule has 98 valence electrons. The minimum atomic E-state index is -0.820. The molecule has 1 heterocycles. The average molecular weight is 242 g/mol. The molecule has 5 heteroatoms. The van der Waals surface area contributed by atoms with Crippen LogP contribution in [0, 0.1) is 11.8 Å². The van der Waals surface area contributed by atoms with Crippen LogP contribution in [0.5, 0.6) is 0 Å². The Kier molecular flexibility index (Phi) is 4.93. The van der Waals surface area contributed by atoms with Crippen LogP contribution >= 0.6 is 0 Å². The summed E-state index contributed by atoms with van der Waals surface area (Å²) in [6, 6.07) is -0.498. The molecule has 0 aromatic rings. The number of amides is 1. The number of likely N-dealkylation sites (tertiary alicyclic amines) is 1. The van der Waals surface area contributed by atoms with Gasteiger partial charge in [0.15, 0.2) is 0 Å². The third-order valence-electron chi connectivity index (χ3n) is 3.12. The summed E-state index contributed by atoms with van der Waals surface area (Å²) in [4.78, 5) is 24.5. The van der Waals surface area contributed by atoms with Crippen LogP contribution in [0.1, 0.15) is 33.1 Å². The van der Waals surface area contributed by atoms with Crippen LogP contribution in [0.3, 0.4) is 0 Å². The molecule has 0 saturated carbocycles. The molecular weight excluding hydrogens is 220 g/mol. The molecule has 0 aromatic carbocycles.